The Morgan fingerprint density at radius 1 is 1.21 bits per heavy atom. The molecule has 1 aromatic rings. The summed E-state index contributed by atoms with van der Waals surface area (Å²) in [5.74, 6) is -0.904. The highest BCUT2D eigenvalue weighted by molar-refractivity contribution is 5.98. The minimum Gasteiger partial charge on any atom is -0.494 e. The van der Waals surface area contributed by atoms with Crippen LogP contribution in [-0.4, -0.2) is 47.4 Å². The number of nitrogens with zero attached hydrogens (tertiary/aromatic N) is 1. The number of carbonyl (C=O) groups excluding carboxylic acids is 2. The highest BCUT2D eigenvalue weighted by Gasteiger charge is 2.28. The molecule has 1 aromatic carbocycles. The van der Waals surface area contributed by atoms with E-state index in [0.717, 1.165) is 0 Å². The number of ketones is 1. The monoisotopic (exact) mass is 333 g/mol. The third-order valence-corrected chi connectivity index (χ3v) is 4.18. The Bertz CT molecular complexity index is 596. The molecule has 1 heterocycles. The molecule has 1 unspecified atom stereocenters. The van der Waals surface area contributed by atoms with Gasteiger partial charge in [-0.2, -0.15) is 0 Å². The molecule has 0 bridgehead atoms. The molecule has 6 heteroatoms. The topological polar surface area (TPSA) is 83.9 Å². The molecule has 6 nitrogen and oxygen atoms in total. The maximum absolute atomic E-state index is 12.2. The zero-order valence-corrected chi connectivity index (χ0v) is 13.9. The van der Waals surface area contributed by atoms with Crippen LogP contribution in [0.2, 0.25) is 0 Å². The van der Waals surface area contributed by atoms with Crippen molar-refractivity contribution in [2.75, 3.05) is 19.7 Å². The highest BCUT2D eigenvalue weighted by atomic mass is 16.5. The van der Waals surface area contributed by atoms with E-state index >= 15 is 0 Å². The molecule has 1 atom stereocenters. The molecule has 0 aromatic heterocycles. The molecule has 2 rings (SSSR count). The molecule has 24 heavy (non-hydrogen) atoms. The van der Waals surface area contributed by atoms with Crippen molar-refractivity contribution in [2.45, 2.75) is 32.6 Å². The van der Waals surface area contributed by atoms with Crippen LogP contribution >= 0.6 is 0 Å². The van der Waals surface area contributed by atoms with Crippen molar-refractivity contribution in [1.82, 2.24) is 4.90 Å². The van der Waals surface area contributed by atoms with Crippen molar-refractivity contribution in [3.63, 3.8) is 0 Å². The number of carboxylic acids is 1. The molecular formula is C18H23NO5. The molecule has 0 saturated carbocycles. The minimum atomic E-state index is -0.863. The van der Waals surface area contributed by atoms with Crippen molar-refractivity contribution in [2.24, 2.45) is 5.92 Å². The number of piperidine rings is 1. The van der Waals surface area contributed by atoms with E-state index in [0.29, 0.717) is 37.3 Å². The van der Waals surface area contributed by atoms with Gasteiger partial charge in [0.15, 0.2) is 5.78 Å². The van der Waals surface area contributed by atoms with Gasteiger partial charge in [0, 0.05) is 31.5 Å². The Kier molecular flexibility index (Phi) is 6.35. The quantitative estimate of drug-likeness (QED) is 0.775. The van der Waals surface area contributed by atoms with Crippen LogP contribution in [0.5, 0.6) is 5.75 Å². The largest absolute Gasteiger partial charge is 0.494 e. The Morgan fingerprint density at radius 2 is 1.92 bits per heavy atom. The lowest BCUT2D eigenvalue weighted by atomic mass is 9.97. The van der Waals surface area contributed by atoms with E-state index in [4.69, 9.17) is 9.84 Å². The standard InChI is InChI=1S/C18H23NO5/c1-2-24-15-7-5-13(6-8-15)16(20)9-10-17(21)19-11-3-4-14(12-19)18(22)23/h5-8,14H,2-4,9-12H2,1H3,(H,22,23). The van der Waals surface area contributed by atoms with Gasteiger partial charge < -0.3 is 14.7 Å². The van der Waals surface area contributed by atoms with Gasteiger partial charge in [-0.25, -0.2) is 0 Å². The Balaban J connectivity index is 1.84. The summed E-state index contributed by atoms with van der Waals surface area (Å²) in [4.78, 5) is 37.0. The predicted octanol–water partition coefficient (Wildman–Crippen LogP) is 2.37. The number of aliphatic carboxylic acids is 1. The van der Waals surface area contributed by atoms with E-state index < -0.39 is 11.9 Å². The Hall–Kier alpha value is -2.37. The number of hydrogen-bond donors (Lipinski definition) is 1. The molecule has 0 aliphatic carbocycles. The van der Waals surface area contributed by atoms with E-state index in [-0.39, 0.29) is 31.1 Å². The first kappa shape index (κ1) is 18.0. The van der Waals surface area contributed by atoms with Crippen LogP contribution in [0.4, 0.5) is 0 Å². The van der Waals surface area contributed by atoms with E-state index in [9.17, 15) is 14.4 Å². The maximum Gasteiger partial charge on any atom is 0.308 e. The van der Waals surface area contributed by atoms with Gasteiger partial charge in [-0.05, 0) is 44.0 Å². The first-order chi connectivity index (χ1) is 11.5. The first-order valence-corrected chi connectivity index (χ1v) is 8.28. The summed E-state index contributed by atoms with van der Waals surface area (Å²) in [6, 6.07) is 6.86. The first-order valence-electron chi connectivity index (χ1n) is 8.28. The summed E-state index contributed by atoms with van der Waals surface area (Å²) in [5.41, 5.74) is 0.549. The van der Waals surface area contributed by atoms with E-state index in [1.165, 1.54) is 0 Å². The van der Waals surface area contributed by atoms with Crippen LogP contribution in [0.1, 0.15) is 43.0 Å². The van der Waals surface area contributed by atoms with Crippen LogP contribution in [0.3, 0.4) is 0 Å². The second kappa shape index (κ2) is 8.47. The molecular weight excluding hydrogens is 310 g/mol. The van der Waals surface area contributed by atoms with Gasteiger partial charge in [-0.3, -0.25) is 14.4 Å². The molecule has 0 radical (unpaired) electrons. The highest BCUT2D eigenvalue weighted by Crippen LogP contribution is 2.19. The summed E-state index contributed by atoms with van der Waals surface area (Å²) >= 11 is 0. The third kappa shape index (κ3) is 4.81. The summed E-state index contributed by atoms with van der Waals surface area (Å²) < 4.78 is 5.33. The SMILES string of the molecule is CCOc1ccc(C(=O)CCC(=O)N2CCCC(C(=O)O)C2)cc1. The number of carboxylic acid groups (broad SMARTS) is 1. The number of Topliss-reactive ketones (excluding diaryl/α,β-unsaturated/α-hetero) is 1. The van der Waals surface area contributed by atoms with Gasteiger partial charge in [-0.1, -0.05) is 0 Å². The summed E-state index contributed by atoms with van der Waals surface area (Å²) in [6.45, 7) is 3.26. The number of rotatable bonds is 7. The van der Waals surface area contributed by atoms with Gasteiger partial charge in [0.2, 0.25) is 5.91 Å². The summed E-state index contributed by atoms with van der Waals surface area (Å²) in [6.07, 6.45) is 1.53. The fourth-order valence-electron chi connectivity index (χ4n) is 2.83. The van der Waals surface area contributed by atoms with Gasteiger partial charge in [0.25, 0.3) is 0 Å². The van der Waals surface area contributed by atoms with Gasteiger partial charge in [0.05, 0.1) is 12.5 Å². The van der Waals surface area contributed by atoms with Crippen LogP contribution in [-0.2, 0) is 9.59 Å². The third-order valence-electron chi connectivity index (χ3n) is 4.18. The Labute approximate surface area is 141 Å². The van der Waals surface area contributed by atoms with Crippen molar-refractivity contribution in [1.29, 1.82) is 0 Å². The molecule has 0 spiro atoms. The second-order valence-electron chi connectivity index (χ2n) is 5.90. The second-order valence-corrected chi connectivity index (χ2v) is 5.90. The zero-order valence-electron chi connectivity index (χ0n) is 13.9. The number of carbonyl (C=O) groups is 3. The van der Waals surface area contributed by atoms with Gasteiger partial charge >= 0.3 is 5.97 Å². The van der Waals surface area contributed by atoms with Gasteiger partial charge in [-0.15, -0.1) is 0 Å². The molecule has 1 aliphatic rings. The van der Waals surface area contributed by atoms with Crippen LogP contribution in [0.15, 0.2) is 24.3 Å². The van der Waals surface area contributed by atoms with Crippen molar-refractivity contribution < 1.29 is 24.2 Å². The molecule has 1 aliphatic heterocycles. The summed E-state index contributed by atoms with van der Waals surface area (Å²) in [7, 11) is 0. The number of ether oxygens (including phenoxy) is 1. The lowest BCUT2D eigenvalue weighted by Gasteiger charge is -2.30. The van der Waals surface area contributed by atoms with Crippen molar-refractivity contribution in [3.05, 3.63) is 29.8 Å². The van der Waals surface area contributed by atoms with Crippen molar-refractivity contribution in [3.8, 4) is 5.75 Å². The average Bonchev–Trinajstić information content (AvgIpc) is 2.60. The smallest absolute Gasteiger partial charge is 0.308 e. The Morgan fingerprint density at radius 3 is 2.54 bits per heavy atom. The number of amides is 1. The number of likely N-dealkylation sites (tertiary alicyclic amines) is 1. The average molecular weight is 333 g/mol. The van der Waals surface area contributed by atoms with E-state index in [1.54, 1.807) is 29.2 Å². The predicted molar refractivity (Wildman–Crippen MR) is 88.1 cm³/mol. The fourth-order valence-corrected chi connectivity index (χ4v) is 2.83. The molecule has 1 amide bonds. The number of hydrogen-bond acceptors (Lipinski definition) is 4. The molecule has 130 valence electrons. The molecule has 1 saturated heterocycles. The zero-order chi connectivity index (χ0) is 17.5. The van der Waals surface area contributed by atoms with E-state index in [1.807, 2.05) is 6.92 Å². The molecule has 1 N–H and O–H groups in total. The lowest BCUT2D eigenvalue weighted by Crippen LogP contribution is -2.42. The van der Waals surface area contributed by atoms with Crippen molar-refractivity contribution >= 4 is 17.7 Å². The normalized spacial score (nSPS) is 17.4. The lowest BCUT2D eigenvalue weighted by molar-refractivity contribution is -0.145. The van der Waals surface area contributed by atoms with Crippen LogP contribution in [0, 0.1) is 5.92 Å². The fraction of sp³-hybridized carbons (Fsp3) is 0.500. The van der Waals surface area contributed by atoms with Crippen LogP contribution in [0.25, 0.3) is 0 Å². The maximum atomic E-state index is 12.2. The summed E-state index contributed by atoms with van der Waals surface area (Å²) in [5, 5.41) is 9.06. The van der Waals surface area contributed by atoms with E-state index in [2.05, 4.69) is 0 Å². The van der Waals surface area contributed by atoms with Gasteiger partial charge in [0.1, 0.15) is 5.75 Å². The minimum absolute atomic E-state index is 0.0989. The number of benzene rings is 1. The molecule has 1 fully saturated rings. The van der Waals surface area contributed by atoms with Crippen LogP contribution < -0.4 is 4.74 Å².